The zero-order valence-corrected chi connectivity index (χ0v) is 15.2. The Morgan fingerprint density at radius 2 is 0.826 bits per heavy atom. The van der Waals surface area contributed by atoms with Crippen LogP contribution in [0.1, 0.15) is 13.8 Å². The Hall–Kier alpha value is -1.62. The molecule has 0 aliphatic carbocycles. The maximum absolute atomic E-state index is 7.84. The van der Waals surface area contributed by atoms with Gasteiger partial charge in [-0.3, -0.25) is 0 Å². The first-order valence-corrected chi connectivity index (χ1v) is 11.2. The van der Waals surface area contributed by atoms with Crippen molar-refractivity contribution < 1.29 is 0 Å². The molecule has 0 nitrogen and oxygen atoms in total. The minimum absolute atomic E-state index is 0.287. The van der Waals surface area contributed by atoms with Crippen LogP contribution in [0.4, 0.5) is 0 Å². The second-order valence-electron chi connectivity index (χ2n) is 6.17. The molecule has 0 heterocycles. The second-order valence-corrected chi connectivity index (χ2v) is 13.0. The van der Waals surface area contributed by atoms with E-state index in [1.165, 1.54) is 15.9 Å². The van der Waals surface area contributed by atoms with Gasteiger partial charge in [-0.05, 0) is 0 Å². The van der Waals surface area contributed by atoms with Gasteiger partial charge in [0.05, 0.1) is 0 Å². The number of hydrogen-bond acceptors (Lipinski definition) is 0. The van der Waals surface area contributed by atoms with Gasteiger partial charge in [0.15, 0.2) is 0 Å². The molecule has 3 aromatic rings. The molecule has 0 aliphatic rings. The van der Waals surface area contributed by atoms with Gasteiger partial charge >= 0.3 is 144 Å². The van der Waals surface area contributed by atoms with Crippen molar-refractivity contribution in [2.75, 3.05) is 0 Å². The number of hydrogen-bond donors (Lipinski definition) is 0. The van der Waals surface area contributed by atoms with Crippen LogP contribution in [0.25, 0.3) is 0 Å². The van der Waals surface area contributed by atoms with Crippen LogP contribution >= 0.6 is 17.2 Å². The van der Waals surface area contributed by atoms with Crippen LogP contribution in [0.3, 0.4) is 0 Å². The summed E-state index contributed by atoms with van der Waals surface area (Å²) in [5.41, 5.74) is 0.287. The zero-order chi connectivity index (χ0) is 16.4. The predicted molar refractivity (Wildman–Crippen MR) is 106 cm³/mol. The van der Waals surface area contributed by atoms with E-state index < -0.39 is 5.96 Å². The third kappa shape index (κ3) is 2.33. The van der Waals surface area contributed by atoms with E-state index in [2.05, 4.69) is 105 Å². The average Bonchev–Trinajstić information content (AvgIpc) is 2.63. The van der Waals surface area contributed by atoms with Crippen molar-refractivity contribution in [2.24, 2.45) is 0 Å². The van der Waals surface area contributed by atoms with Crippen molar-refractivity contribution >= 4 is 33.1 Å². The van der Waals surface area contributed by atoms with Gasteiger partial charge in [0.25, 0.3) is 0 Å². The van der Waals surface area contributed by atoms with Crippen molar-refractivity contribution in [1.82, 2.24) is 0 Å². The van der Waals surface area contributed by atoms with E-state index in [0.29, 0.717) is 0 Å². The summed E-state index contributed by atoms with van der Waals surface area (Å²) < 4.78 is 0. The second kappa shape index (κ2) is 6.11. The summed E-state index contributed by atoms with van der Waals surface area (Å²) in [6.45, 7) is 4.50. The molecular formula is C21H22ClP. The Bertz CT molecular complexity index is 667. The Kier molecular flexibility index (Phi) is 4.32. The summed E-state index contributed by atoms with van der Waals surface area (Å²) in [5, 5.41) is 3.69. The third-order valence-electron chi connectivity index (χ3n) is 4.75. The molecule has 0 bridgehead atoms. The molecule has 0 radical (unpaired) electrons. The molecule has 0 aliphatic heterocycles. The Morgan fingerprint density at radius 1 is 0.565 bits per heavy atom. The molecule has 0 saturated heterocycles. The van der Waals surface area contributed by atoms with Crippen LogP contribution in [0, 0.1) is 0 Å². The van der Waals surface area contributed by atoms with Crippen LogP contribution in [-0.2, 0) is 0 Å². The fourth-order valence-corrected chi connectivity index (χ4v) is 9.46. The van der Waals surface area contributed by atoms with E-state index in [9.17, 15) is 0 Å². The molecule has 2 heteroatoms. The quantitative estimate of drug-likeness (QED) is 0.581. The Labute approximate surface area is 143 Å². The van der Waals surface area contributed by atoms with Crippen LogP contribution < -0.4 is 15.9 Å². The van der Waals surface area contributed by atoms with Gasteiger partial charge in [-0.15, -0.1) is 0 Å². The fraction of sp³-hybridized carbons (Fsp3) is 0.143. The van der Waals surface area contributed by atoms with Gasteiger partial charge in [-0.2, -0.15) is 0 Å². The normalized spacial score (nSPS) is 13.5. The molecule has 0 atom stereocenters. The van der Waals surface area contributed by atoms with Crippen LogP contribution in [0.2, 0.25) is 0 Å². The average molecular weight is 341 g/mol. The maximum atomic E-state index is 7.84. The van der Waals surface area contributed by atoms with Gasteiger partial charge in [0.2, 0.25) is 0 Å². The van der Waals surface area contributed by atoms with Crippen molar-refractivity contribution in [3.8, 4) is 0 Å². The molecule has 0 fully saturated rings. The molecule has 118 valence electrons. The molecule has 0 spiro atoms. The topological polar surface area (TPSA) is 0 Å². The zero-order valence-electron chi connectivity index (χ0n) is 13.6. The van der Waals surface area contributed by atoms with E-state index >= 15 is 0 Å². The molecule has 3 rings (SSSR count). The SMILES string of the molecule is CC(C)P(Cl)(c1ccccc1)(c1ccccc1)c1ccccc1. The van der Waals surface area contributed by atoms with Gasteiger partial charge in [-0.1, -0.05) is 0 Å². The number of rotatable bonds is 4. The van der Waals surface area contributed by atoms with Crippen LogP contribution in [0.5, 0.6) is 0 Å². The Balaban J connectivity index is 2.47. The summed E-state index contributed by atoms with van der Waals surface area (Å²) in [6.07, 6.45) is 0. The van der Waals surface area contributed by atoms with Gasteiger partial charge in [0.1, 0.15) is 0 Å². The molecule has 3 aromatic carbocycles. The van der Waals surface area contributed by atoms with Crippen molar-refractivity contribution in [3.05, 3.63) is 91.0 Å². The van der Waals surface area contributed by atoms with Crippen molar-refractivity contribution in [2.45, 2.75) is 19.5 Å². The van der Waals surface area contributed by atoms with E-state index in [-0.39, 0.29) is 5.66 Å². The first-order chi connectivity index (χ1) is 11.1. The molecule has 23 heavy (non-hydrogen) atoms. The van der Waals surface area contributed by atoms with Crippen LogP contribution in [0.15, 0.2) is 91.0 Å². The predicted octanol–water partition coefficient (Wildman–Crippen LogP) is 5.08. The summed E-state index contributed by atoms with van der Waals surface area (Å²) >= 11 is 7.84. The van der Waals surface area contributed by atoms with Crippen molar-refractivity contribution in [1.29, 1.82) is 0 Å². The molecule has 0 amide bonds. The fourth-order valence-electron chi connectivity index (χ4n) is 3.50. The van der Waals surface area contributed by atoms with Gasteiger partial charge in [0, 0.05) is 0 Å². The summed E-state index contributed by atoms with van der Waals surface area (Å²) in [7, 11) is 0. The first kappa shape index (κ1) is 16.2. The summed E-state index contributed by atoms with van der Waals surface area (Å²) in [5.74, 6) is -3.04. The van der Waals surface area contributed by atoms with Gasteiger partial charge in [-0.25, -0.2) is 0 Å². The number of halogens is 1. The minimum atomic E-state index is -3.04. The van der Waals surface area contributed by atoms with E-state index in [1.54, 1.807) is 0 Å². The summed E-state index contributed by atoms with van der Waals surface area (Å²) in [4.78, 5) is 0. The summed E-state index contributed by atoms with van der Waals surface area (Å²) in [6, 6.07) is 31.8. The van der Waals surface area contributed by atoms with E-state index in [1.807, 2.05) is 0 Å². The molecule has 0 N–H and O–H groups in total. The molecule has 0 unspecified atom stereocenters. The molecule has 0 saturated carbocycles. The van der Waals surface area contributed by atoms with Gasteiger partial charge < -0.3 is 0 Å². The molecule has 0 aromatic heterocycles. The monoisotopic (exact) mass is 340 g/mol. The van der Waals surface area contributed by atoms with E-state index in [0.717, 1.165) is 0 Å². The van der Waals surface area contributed by atoms with Crippen LogP contribution in [-0.4, -0.2) is 5.66 Å². The van der Waals surface area contributed by atoms with Crippen molar-refractivity contribution in [3.63, 3.8) is 0 Å². The number of benzene rings is 3. The Morgan fingerprint density at radius 3 is 1.04 bits per heavy atom. The molecular weight excluding hydrogens is 319 g/mol. The van der Waals surface area contributed by atoms with E-state index in [4.69, 9.17) is 11.2 Å². The third-order valence-corrected chi connectivity index (χ3v) is 13.5. The standard InChI is InChI=1S/C21H22ClP/c1-18(2)23(22,19-12-6-3-7-13-19,20-14-8-4-9-15-20)21-16-10-5-11-17-21/h3-18H,1-2H3. The first-order valence-electron chi connectivity index (χ1n) is 7.98.